The SMILES string of the molecule is O=C(O)c1cc2cc(C(=O)N3CCC(N4CCOCC4)CC3)ccc2[nH]1. The zero-order chi connectivity index (χ0) is 18.1. The van der Waals surface area contributed by atoms with Crippen LogP contribution in [0.2, 0.25) is 0 Å². The van der Waals surface area contributed by atoms with Gasteiger partial charge in [-0.2, -0.15) is 0 Å². The van der Waals surface area contributed by atoms with Crippen molar-refractivity contribution in [3.05, 3.63) is 35.5 Å². The molecule has 0 unspecified atom stereocenters. The van der Waals surface area contributed by atoms with Crippen molar-refractivity contribution in [3.8, 4) is 0 Å². The van der Waals surface area contributed by atoms with E-state index in [9.17, 15) is 9.59 Å². The Morgan fingerprint density at radius 3 is 2.50 bits per heavy atom. The Morgan fingerprint density at radius 1 is 1.08 bits per heavy atom. The van der Waals surface area contributed by atoms with Crippen molar-refractivity contribution in [2.24, 2.45) is 0 Å². The molecule has 2 aliphatic rings. The van der Waals surface area contributed by atoms with Crippen molar-refractivity contribution >= 4 is 22.8 Å². The summed E-state index contributed by atoms with van der Waals surface area (Å²) < 4.78 is 5.41. The number of hydrogen-bond donors (Lipinski definition) is 2. The van der Waals surface area contributed by atoms with Crippen LogP contribution in [0.15, 0.2) is 24.3 Å². The normalized spacial score (nSPS) is 19.8. The summed E-state index contributed by atoms with van der Waals surface area (Å²) in [6, 6.07) is 7.41. The molecule has 0 spiro atoms. The van der Waals surface area contributed by atoms with Gasteiger partial charge in [0.05, 0.1) is 13.2 Å². The molecule has 2 N–H and O–H groups in total. The van der Waals surface area contributed by atoms with Crippen LogP contribution in [-0.2, 0) is 4.74 Å². The Labute approximate surface area is 151 Å². The summed E-state index contributed by atoms with van der Waals surface area (Å²) in [6.07, 6.45) is 1.97. The predicted molar refractivity (Wildman–Crippen MR) is 96.6 cm³/mol. The maximum Gasteiger partial charge on any atom is 0.352 e. The van der Waals surface area contributed by atoms with E-state index in [1.54, 1.807) is 24.3 Å². The summed E-state index contributed by atoms with van der Waals surface area (Å²) >= 11 is 0. The number of carboxylic acids is 1. The number of aromatic amines is 1. The molecule has 7 nitrogen and oxygen atoms in total. The van der Waals surface area contributed by atoms with Crippen molar-refractivity contribution in [3.63, 3.8) is 0 Å². The summed E-state index contributed by atoms with van der Waals surface area (Å²) in [5, 5.41) is 9.83. The molecule has 0 aliphatic carbocycles. The van der Waals surface area contributed by atoms with Crippen LogP contribution in [0, 0.1) is 0 Å². The van der Waals surface area contributed by atoms with Crippen LogP contribution in [0.4, 0.5) is 0 Å². The van der Waals surface area contributed by atoms with Gasteiger partial charge in [-0.1, -0.05) is 0 Å². The van der Waals surface area contributed by atoms with E-state index >= 15 is 0 Å². The van der Waals surface area contributed by atoms with Gasteiger partial charge < -0.3 is 19.7 Å². The van der Waals surface area contributed by atoms with E-state index in [4.69, 9.17) is 9.84 Å². The number of amides is 1. The lowest BCUT2D eigenvalue weighted by Gasteiger charge is -2.40. The zero-order valence-corrected chi connectivity index (χ0v) is 14.6. The fraction of sp³-hybridized carbons (Fsp3) is 0.474. The van der Waals surface area contributed by atoms with E-state index in [1.807, 2.05) is 4.90 Å². The van der Waals surface area contributed by atoms with Gasteiger partial charge in [-0.3, -0.25) is 9.69 Å². The van der Waals surface area contributed by atoms with Gasteiger partial charge in [0, 0.05) is 48.7 Å². The number of morpholine rings is 1. The number of fused-ring (bicyclic) bond motifs is 1. The first-order chi connectivity index (χ1) is 12.6. The topological polar surface area (TPSA) is 85.9 Å². The number of hydrogen-bond acceptors (Lipinski definition) is 4. The number of rotatable bonds is 3. The van der Waals surface area contributed by atoms with Crippen LogP contribution >= 0.6 is 0 Å². The lowest BCUT2D eigenvalue weighted by molar-refractivity contribution is 0.00159. The molecule has 0 bridgehead atoms. The Morgan fingerprint density at radius 2 is 1.81 bits per heavy atom. The van der Waals surface area contributed by atoms with Gasteiger partial charge in [-0.25, -0.2) is 4.79 Å². The number of carbonyl (C=O) groups excluding carboxylic acids is 1. The maximum absolute atomic E-state index is 12.8. The van der Waals surface area contributed by atoms with E-state index in [0.29, 0.717) is 11.6 Å². The molecule has 3 heterocycles. The molecule has 26 heavy (non-hydrogen) atoms. The number of benzene rings is 1. The molecule has 138 valence electrons. The van der Waals surface area contributed by atoms with Crippen molar-refractivity contribution in [1.29, 1.82) is 0 Å². The lowest BCUT2D eigenvalue weighted by Crippen LogP contribution is -2.50. The summed E-state index contributed by atoms with van der Waals surface area (Å²) in [4.78, 5) is 31.1. The minimum atomic E-state index is -1.00. The fourth-order valence-corrected chi connectivity index (χ4v) is 3.94. The maximum atomic E-state index is 12.8. The first kappa shape index (κ1) is 17.1. The Bertz CT molecular complexity index is 817. The first-order valence-corrected chi connectivity index (χ1v) is 9.09. The third-order valence-corrected chi connectivity index (χ3v) is 5.41. The number of aromatic nitrogens is 1. The average Bonchev–Trinajstić information content (AvgIpc) is 3.12. The molecule has 1 amide bonds. The second-order valence-electron chi connectivity index (χ2n) is 6.96. The molecule has 2 aromatic rings. The van der Waals surface area contributed by atoms with Crippen LogP contribution in [0.1, 0.15) is 33.7 Å². The number of ether oxygens (including phenoxy) is 1. The summed E-state index contributed by atoms with van der Waals surface area (Å²) in [7, 11) is 0. The van der Waals surface area contributed by atoms with Gasteiger partial charge in [-0.05, 0) is 37.1 Å². The molecular formula is C19H23N3O4. The fourth-order valence-electron chi connectivity index (χ4n) is 3.94. The van der Waals surface area contributed by atoms with Crippen molar-refractivity contribution in [2.75, 3.05) is 39.4 Å². The molecule has 1 aromatic carbocycles. The number of likely N-dealkylation sites (tertiary alicyclic amines) is 1. The molecule has 2 aliphatic heterocycles. The standard InChI is InChI=1S/C19H23N3O4/c23-18(13-1-2-16-14(11-13)12-17(20-16)19(24)25)22-5-3-15(4-6-22)21-7-9-26-10-8-21/h1-2,11-12,15,20H,3-10H2,(H,24,25). The van der Waals surface area contributed by atoms with E-state index in [2.05, 4.69) is 9.88 Å². The Kier molecular flexibility index (Phi) is 4.65. The van der Waals surface area contributed by atoms with E-state index in [1.165, 1.54) is 0 Å². The van der Waals surface area contributed by atoms with Crippen LogP contribution in [0.25, 0.3) is 10.9 Å². The van der Waals surface area contributed by atoms with Crippen molar-refractivity contribution in [2.45, 2.75) is 18.9 Å². The van der Waals surface area contributed by atoms with Gasteiger partial charge in [-0.15, -0.1) is 0 Å². The smallest absolute Gasteiger partial charge is 0.352 e. The van der Waals surface area contributed by atoms with Crippen LogP contribution < -0.4 is 0 Å². The van der Waals surface area contributed by atoms with Gasteiger partial charge in [0.1, 0.15) is 5.69 Å². The van der Waals surface area contributed by atoms with Gasteiger partial charge in [0.25, 0.3) is 5.91 Å². The van der Waals surface area contributed by atoms with Crippen molar-refractivity contribution < 1.29 is 19.4 Å². The van der Waals surface area contributed by atoms with Crippen molar-refractivity contribution in [1.82, 2.24) is 14.8 Å². The third kappa shape index (κ3) is 3.32. The molecule has 7 heteroatoms. The molecule has 4 rings (SSSR count). The number of H-pyrrole nitrogens is 1. The minimum Gasteiger partial charge on any atom is -0.477 e. The lowest BCUT2D eigenvalue weighted by atomic mass is 10.0. The summed E-state index contributed by atoms with van der Waals surface area (Å²) in [6.45, 7) is 5.07. The zero-order valence-electron chi connectivity index (χ0n) is 14.6. The first-order valence-electron chi connectivity index (χ1n) is 9.09. The number of nitrogens with one attached hydrogen (secondary N) is 1. The number of carbonyl (C=O) groups is 2. The largest absolute Gasteiger partial charge is 0.477 e. The van der Waals surface area contributed by atoms with Gasteiger partial charge in [0.15, 0.2) is 0 Å². The van der Waals surface area contributed by atoms with E-state index in [0.717, 1.165) is 63.1 Å². The highest BCUT2D eigenvalue weighted by Crippen LogP contribution is 2.22. The second-order valence-corrected chi connectivity index (χ2v) is 6.96. The molecule has 1 aromatic heterocycles. The minimum absolute atomic E-state index is 0.0189. The molecule has 0 saturated carbocycles. The highest BCUT2D eigenvalue weighted by molar-refractivity contribution is 6.00. The molecule has 2 saturated heterocycles. The van der Waals surface area contributed by atoms with Crippen LogP contribution in [0.5, 0.6) is 0 Å². The number of carboxylic acid groups (broad SMARTS) is 1. The quantitative estimate of drug-likeness (QED) is 0.875. The monoisotopic (exact) mass is 357 g/mol. The Balaban J connectivity index is 1.43. The highest BCUT2D eigenvalue weighted by Gasteiger charge is 2.28. The number of aromatic carboxylic acids is 1. The number of nitrogens with zero attached hydrogens (tertiary/aromatic N) is 2. The second kappa shape index (κ2) is 7.09. The van der Waals surface area contributed by atoms with E-state index < -0.39 is 5.97 Å². The number of piperidine rings is 1. The predicted octanol–water partition coefficient (Wildman–Crippen LogP) is 1.80. The van der Waals surface area contributed by atoms with Gasteiger partial charge >= 0.3 is 5.97 Å². The van der Waals surface area contributed by atoms with Gasteiger partial charge in [0.2, 0.25) is 0 Å². The summed E-state index contributed by atoms with van der Waals surface area (Å²) in [5.41, 5.74) is 1.47. The van der Waals surface area contributed by atoms with E-state index in [-0.39, 0.29) is 11.6 Å². The molecule has 0 atom stereocenters. The molecule has 0 radical (unpaired) electrons. The van der Waals surface area contributed by atoms with Crippen LogP contribution in [0.3, 0.4) is 0 Å². The Hall–Kier alpha value is -2.38. The average molecular weight is 357 g/mol. The van der Waals surface area contributed by atoms with Crippen LogP contribution in [-0.4, -0.2) is 77.2 Å². The summed E-state index contributed by atoms with van der Waals surface area (Å²) in [5.74, 6) is -0.982. The molecular weight excluding hydrogens is 334 g/mol. The molecule has 2 fully saturated rings. The highest BCUT2D eigenvalue weighted by atomic mass is 16.5. The third-order valence-electron chi connectivity index (χ3n) is 5.41.